The molecule has 0 radical (unpaired) electrons. The molecule has 2 aliphatic rings. The Morgan fingerprint density at radius 1 is 1.29 bits per heavy atom. The van der Waals surface area contributed by atoms with E-state index in [2.05, 4.69) is 39.9 Å². The van der Waals surface area contributed by atoms with Gasteiger partial charge in [-0.3, -0.25) is 0 Å². The van der Waals surface area contributed by atoms with E-state index in [4.69, 9.17) is 0 Å². The van der Waals surface area contributed by atoms with Gasteiger partial charge >= 0.3 is 0 Å². The molecule has 3 rings (SSSR count). The first kappa shape index (κ1) is 11.7. The van der Waals surface area contributed by atoms with Crippen molar-refractivity contribution in [2.45, 2.75) is 18.9 Å². The van der Waals surface area contributed by atoms with E-state index in [0.29, 0.717) is 6.04 Å². The summed E-state index contributed by atoms with van der Waals surface area (Å²) in [5.74, 6) is 0.869. The Labute approximate surface area is 107 Å². The second-order valence-electron chi connectivity index (χ2n) is 5.25. The Balaban J connectivity index is 1.61. The number of hydrogen-bond donors (Lipinski definition) is 1. The van der Waals surface area contributed by atoms with Gasteiger partial charge in [-0.15, -0.1) is 11.3 Å². The minimum absolute atomic E-state index is 0.568. The summed E-state index contributed by atoms with van der Waals surface area (Å²) < 4.78 is 0. The van der Waals surface area contributed by atoms with Crippen LogP contribution in [0.2, 0.25) is 0 Å². The average molecular weight is 251 g/mol. The van der Waals surface area contributed by atoms with Crippen molar-refractivity contribution >= 4 is 11.3 Å². The molecule has 1 aliphatic heterocycles. The first-order valence-electron chi connectivity index (χ1n) is 6.56. The molecule has 1 saturated heterocycles. The quantitative estimate of drug-likeness (QED) is 0.882. The Bertz CT molecular complexity index is 340. The molecule has 2 fully saturated rings. The molecule has 0 aromatic carbocycles. The van der Waals surface area contributed by atoms with Gasteiger partial charge < -0.3 is 4.90 Å². The van der Waals surface area contributed by atoms with Gasteiger partial charge in [0.25, 0.3) is 0 Å². The van der Waals surface area contributed by atoms with Crippen molar-refractivity contribution in [1.29, 1.82) is 0 Å². The first-order chi connectivity index (χ1) is 8.33. The number of piperazine rings is 1. The van der Waals surface area contributed by atoms with E-state index < -0.39 is 0 Å². The van der Waals surface area contributed by atoms with Crippen LogP contribution < -0.4 is 5.43 Å². The molecule has 3 nitrogen and oxygen atoms in total. The number of rotatable bonds is 4. The van der Waals surface area contributed by atoms with Crippen LogP contribution in [0.5, 0.6) is 0 Å². The molecule has 1 saturated carbocycles. The lowest BCUT2D eigenvalue weighted by atomic mass is 10.1. The number of nitrogens with zero attached hydrogens (tertiary/aromatic N) is 2. The third-order valence-electron chi connectivity index (χ3n) is 3.77. The molecule has 0 amide bonds. The van der Waals surface area contributed by atoms with Crippen LogP contribution in [-0.2, 0) is 0 Å². The molecule has 1 atom stereocenters. The van der Waals surface area contributed by atoms with Crippen LogP contribution in [-0.4, -0.2) is 43.1 Å². The summed E-state index contributed by atoms with van der Waals surface area (Å²) in [6, 6.07) is 5.01. The predicted octanol–water partition coefficient (Wildman–Crippen LogP) is 1.95. The van der Waals surface area contributed by atoms with Crippen LogP contribution in [0.4, 0.5) is 0 Å². The van der Waals surface area contributed by atoms with Gasteiger partial charge in [-0.25, -0.2) is 10.4 Å². The molecule has 17 heavy (non-hydrogen) atoms. The van der Waals surface area contributed by atoms with E-state index in [-0.39, 0.29) is 0 Å². The van der Waals surface area contributed by atoms with E-state index in [9.17, 15) is 0 Å². The highest BCUT2D eigenvalue weighted by atomic mass is 32.1. The van der Waals surface area contributed by atoms with E-state index >= 15 is 0 Å². The summed E-state index contributed by atoms with van der Waals surface area (Å²) in [6.07, 6.45) is 2.78. The standard InChI is InChI=1S/C13H21N3S/c1-15-6-8-16(9-7-15)14-13(11-4-5-11)12-3-2-10-17-12/h2-3,10-11,13-14H,4-9H2,1H3. The third kappa shape index (κ3) is 2.88. The van der Waals surface area contributed by atoms with Crippen LogP contribution in [0.1, 0.15) is 23.8 Å². The normalized spacial score (nSPS) is 25.0. The zero-order valence-corrected chi connectivity index (χ0v) is 11.2. The lowest BCUT2D eigenvalue weighted by Crippen LogP contribution is -2.51. The number of likely N-dealkylation sites (N-methyl/N-ethyl adjacent to an activating group) is 1. The topological polar surface area (TPSA) is 18.5 Å². The Kier molecular flexibility index (Phi) is 3.47. The fourth-order valence-corrected chi connectivity index (χ4v) is 3.29. The highest BCUT2D eigenvalue weighted by Gasteiger charge is 2.34. The molecule has 2 heterocycles. The Morgan fingerprint density at radius 2 is 2.06 bits per heavy atom. The summed E-state index contributed by atoms with van der Waals surface area (Å²) in [5.41, 5.74) is 3.76. The maximum atomic E-state index is 3.76. The van der Waals surface area contributed by atoms with E-state index in [1.165, 1.54) is 30.8 Å². The van der Waals surface area contributed by atoms with Crippen molar-refractivity contribution in [3.63, 3.8) is 0 Å². The van der Waals surface area contributed by atoms with Crippen molar-refractivity contribution < 1.29 is 0 Å². The van der Waals surface area contributed by atoms with Gasteiger partial charge in [0.15, 0.2) is 0 Å². The van der Waals surface area contributed by atoms with E-state index in [0.717, 1.165) is 19.0 Å². The van der Waals surface area contributed by atoms with Gasteiger partial charge in [0, 0.05) is 31.1 Å². The molecule has 1 N–H and O–H groups in total. The number of hydrogen-bond acceptors (Lipinski definition) is 4. The van der Waals surface area contributed by atoms with Crippen molar-refractivity contribution in [3.05, 3.63) is 22.4 Å². The number of nitrogens with one attached hydrogen (secondary N) is 1. The maximum Gasteiger partial charge on any atom is 0.0586 e. The van der Waals surface area contributed by atoms with Crippen LogP contribution in [0.25, 0.3) is 0 Å². The molecular formula is C13H21N3S. The Morgan fingerprint density at radius 3 is 2.65 bits per heavy atom. The molecule has 1 aromatic heterocycles. The Hall–Kier alpha value is -0.420. The lowest BCUT2D eigenvalue weighted by Gasteiger charge is -2.35. The summed E-state index contributed by atoms with van der Waals surface area (Å²) >= 11 is 1.89. The van der Waals surface area contributed by atoms with Crippen molar-refractivity contribution in [1.82, 2.24) is 15.3 Å². The molecule has 4 heteroatoms. The van der Waals surface area contributed by atoms with Crippen molar-refractivity contribution in [3.8, 4) is 0 Å². The van der Waals surface area contributed by atoms with Crippen molar-refractivity contribution in [2.75, 3.05) is 33.2 Å². The lowest BCUT2D eigenvalue weighted by molar-refractivity contribution is 0.0827. The number of hydrazine groups is 1. The van der Waals surface area contributed by atoms with Gasteiger partial charge in [-0.2, -0.15) is 0 Å². The zero-order valence-electron chi connectivity index (χ0n) is 10.4. The first-order valence-corrected chi connectivity index (χ1v) is 7.44. The molecule has 0 spiro atoms. The SMILES string of the molecule is CN1CCN(NC(c2cccs2)C2CC2)CC1. The zero-order chi connectivity index (χ0) is 11.7. The maximum absolute atomic E-state index is 3.76. The molecule has 94 valence electrons. The molecular weight excluding hydrogens is 230 g/mol. The van der Waals surface area contributed by atoms with Gasteiger partial charge in [0.2, 0.25) is 0 Å². The highest BCUT2D eigenvalue weighted by molar-refractivity contribution is 7.10. The van der Waals surface area contributed by atoms with Crippen LogP contribution in [0, 0.1) is 5.92 Å². The fourth-order valence-electron chi connectivity index (χ4n) is 2.43. The summed E-state index contributed by atoms with van der Waals surface area (Å²) in [7, 11) is 2.20. The molecule has 0 bridgehead atoms. The molecule has 1 aromatic rings. The monoisotopic (exact) mass is 251 g/mol. The van der Waals surface area contributed by atoms with Gasteiger partial charge in [-0.05, 0) is 37.3 Å². The third-order valence-corrected chi connectivity index (χ3v) is 4.72. The largest absolute Gasteiger partial charge is 0.304 e. The minimum atomic E-state index is 0.568. The fraction of sp³-hybridized carbons (Fsp3) is 0.692. The summed E-state index contributed by atoms with van der Waals surface area (Å²) in [6.45, 7) is 4.64. The summed E-state index contributed by atoms with van der Waals surface area (Å²) in [4.78, 5) is 3.90. The predicted molar refractivity (Wildman–Crippen MR) is 72.0 cm³/mol. The van der Waals surface area contributed by atoms with Crippen LogP contribution in [0.3, 0.4) is 0 Å². The average Bonchev–Trinajstić information content (AvgIpc) is 3.03. The van der Waals surface area contributed by atoms with Gasteiger partial charge in [0.1, 0.15) is 0 Å². The van der Waals surface area contributed by atoms with Crippen LogP contribution >= 0.6 is 11.3 Å². The second kappa shape index (κ2) is 5.06. The van der Waals surface area contributed by atoms with Gasteiger partial charge in [-0.1, -0.05) is 6.07 Å². The van der Waals surface area contributed by atoms with Crippen molar-refractivity contribution in [2.24, 2.45) is 5.92 Å². The summed E-state index contributed by atoms with van der Waals surface area (Å²) in [5, 5.41) is 4.61. The smallest absolute Gasteiger partial charge is 0.0586 e. The van der Waals surface area contributed by atoms with E-state index in [1.807, 2.05) is 11.3 Å². The molecule has 1 unspecified atom stereocenters. The molecule has 1 aliphatic carbocycles. The van der Waals surface area contributed by atoms with Gasteiger partial charge in [0.05, 0.1) is 6.04 Å². The van der Waals surface area contributed by atoms with Crippen LogP contribution in [0.15, 0.2) is 17.5 Å². The minimum Gasteiger partial charge on any atom is -0.304 e. The highest BCUT2D eigenvalue weighted by Crippen LogP contribution is 2.42. The number of thiophene rings is 1. The van der Waals surface area contributed by atoms with E-state index in [1.54, 1.807) is 0 Å². The second-order valence-corrected chi connectivity index (χ2v) is 6.23.